The van der Waals surface area contributed by atoms with Gasteiger partial charge in [0.05, 0.1) is 0 Å². The Morgan fingerprint density at radius 3 is 1.68 bits per heavy atom. The number of carbonyl (C=O) groups is 4. The van der Waals surface area contributed by atoms with Gasteiger partial charge in [-0.15, -0.1) is 0 Å². The number of nitrogens with zero attached hydrogens (tertiary/aromatic N) is 2. The second-order valence-electron chi connectivity index (χ2n) is 18.1. The number of ether oxygens (including phenoxy) is 2. The minimum atomic E-state index is -0.839. The van der Waals surface area contributed by atoms with E-state index in [4.69, 9.17) is 9.47 Å². The fourth-order valence-corrected chi connectivity index (χ4v) is 7.28. The molecule has 0 saturated carbocycles. The van der Waals surface area contributed by atoms with Gasteiger partial charge in [-0.25, -0.2) is 0 Å². The van der Waals surface area contributed by atoms with Gasteiger partial charge in [-0.05, 0) is 118 Å². The van der Waals surface area contributed by atoms with Crippen LogP contribution in [0.4, 0.5) is 0 Å². The van der Waals surface area contributed by atoms with Crippen LogP contribution in [0.15, 0.2) is 130 Å². The van der Waals surface area contributed by atoms with Gasteiger partial charge in [0.2, 0.25) is 0 Å². The topological polar surface area (TPSA) is 93.2 Å². The highest BCUT2D eigenvalue weighted by atomic mass is 16.6. The van der Waals surface area contributed by atoms with Crippen LogP contribution >= 0.6 is 0 Å². The van der Waals surface area contributed by atoms with E-state index in [2.05, 4.69) is 58.1 Å². The van der Waals surface area contributed by atoms with Gasteiger partial charge >= 0.3 is 11.9 Å². The zero-order chi connectivity index (χ0) is 45.2. The molecule has 0 heterocycles. The Morgan fingerprint density at radius 2 is 1.17 bits per heavy atom. The molecule has 0 aromatic rings. The highest BCUT2D eigenvalue weighted by Gasteiger charge is 2.44. The summed E-state index contributed by atoms with van der Waals surface area (Å²) >= 11 is 0. The molecule has 8 nitrogen and oxygen atoms in total. The molecule has 0 saturated heterocycles. The lowest BCUT2D eigenvalue weighted by molar-refractivity contribution is -0.156. The summed E-state index contributed by atoms with van der Waals surface area (Å²) in [6, 6.07) is 0. The van der Waals surface area contributed by atoms with Crippen LogP contribution in [0.2, 0.25) is 0 Å². The molecule has 0 fully saturated rings. The number of carbonyl (C=O) groups excluding carboxylic acids is 4. The average molecular weight is 823 g/mol. The molecule has 2 rings (SSSR count). The van der Waals surface area contributed by atoms with Crippen LogP contribution < -0.4 is 0 Å². The van der Waals surface area contributed by atoms with E-state index in [9.17, 15) is 19.2 Å². The first kappa shape index (κ1) is 51.5. The van der Waals surface area contributed by atoms with Crippen LogP contribution in [0.5, 0.6) is 0 Å². The summed E-state index contributed by atoms with van der Waals surface area (Å²) in [7, 11) is 7.86. The van der Waals surface area contributed by atoms with Crippen molar-refractivity contribution in [1.82, 2.24) is 9.80 Å². The maximum Gasteiger partial charge on any atom is 0.306 e. The number of hydrogen-bond donors (Lipinski definition) is 0. The predicted octanol–water partition coefficient (Wildman–Crippen LogP) is 10.5. The Balaban J connectivity index is 1.95. The third-order valence-electron chi connectivity index (χ3n) is 10.9. The number of hydrogen-bond acceptors (Lipinski definition) is 8. The van der Waals surface area contributed by atoms with Crippen LogP contribution in [0.3, 0.4) is 0 Å². The largest absolute Gasteiger partial charge is 0.454 e. The van der Waals surface area contributed by atoms with Crippen molar-refractivity contribution in [2.75, 3.05) is 41.3 Å². The minimum absolute atomic E-state index is 0.0767. The molecule has 0 aliphatic heterocycles. The molecule has 328 valence electrons. The Bertz CT molecular complexity index is 1880. The number of rotatable bonds is 20. The van der Waals surface area contributed by atoms with Crippen molar-refractivity contribution >= 4 is 23.5 Å². The predicted molar refractivity (Wildman–Crippen MR) is 248 cm³/mol. The van der Waals surface area contributed by atoms with Gasteiger partial charge in [-0.3, -0.25) is 19.2 Å². The molecule has 0 bridgehead atoms. The van der Waals surface area contributed by atoms with Crippen molar-refractivity contribution in [3.05, 3.63) is 130 Å². The maximum atomic E-state index is 13.4. The van der Waals surface area contributed by atoms with Gasteiger partial charge in [0.15, 0.2) is 23.8 Å². The number of allylic oxidation sites excluding steroid dienone is 20. The first-order valence-electron chi connectivity index (χ1n) is 21.3. The van der Waals surface area contributed by atoms with Crippen molar-refractivity contribution in [3.8, 4) is 0 Å². The Hall–Kier alpha value is -4.66. The standard InChI is InChI=1S/C52H74N2O6/c1-37(23-17-25-39(3)29-31-43-41(5)35-45(50(58)52(43,9)10)59-47(55)27-19-33-53(11)12)21-15-16-22-38(2)24-18-26-40(4)30-32-44-42(6)49(57)46(36-51(44,7)8)60-48(56)28-20-34-54(13)14/h15-18,21-26,29-32,35,43,45-46H,19-20,27-28,33-34,36H2,1-14H3/b16-15+,23-17+,24-18+,31-29+,32-30+,37-21+,38-22+,39-25+,40-26+/t43-,45-,46-/m0/s1. The summed E-state index contributed by atoms with van der Waals surface area (Å²) in [4.78, 5) is 55.4. The Morgan fingerprint density at radius 1 is 0.700 bits per heavy atom. The fraction of sp³-hybridized carbons (Fsp3) is 0.500. The minimum Gasteiger partial charge on any atom is -0.454 e. The smallest absolute Gasteiger partial charge is 0.306 e. The van der Waals surface area contributed by atoms with Gasteiger partial charge in [-0.2, -0.15) is 0 Å². The van der Waals surface area contributed by atoms with Gasteiger partial charge in [-0.1, -0.05) is 141 Å². The Kier molecular flexibility index (Phi) is 21.1. The molecule has 0 N–H and O–H groups in total. The molecule has 3 atom stereocenters. The van der Waals surface area contributed by atoms with Gasteiger partial charge in [0.25, 0.3) is 0 Å². The number of Topliss-reactive ketones (excluding diaryl/α,β-unsaturated/α-hetero) is 2. The Labute approximate surface area is 362 Å². The van der Waals surface area contributed by atoms with E-state index in [1.807, 2.05) is 134 Å². The highest BCUT2D eigenvalue weighted by Crippen LogP contribution is 2.42. The average Bonchev–Trinajstić information content (AvgIpc) is 3.13. The summed E-state index contributed by atoms with van der Waals surface area (Å²) < 4.78 is 11.2. The molecular formula is C52H74N2O6. The third-order valence-corrected chi connectivity index (χ3v) is 10.9. The van der Waals surface area contributed by atoms with Crippen LogP contribution in [0.1, 0.15) is 101 Å². The maximum absolute atomic E-state index is 13.4. The van der Waals surface area contributed by atoms with Crippen molar-refractivity contribution in [3.63, 3.8) is 0 Å². The van der Waals surface area contributed by atoms with Crippen LogP contribution in [0.25, 0.3) is 0 Å². The summed E-state index contributed by atoms with van der Waals surface area (Å²) in [6.07, 6.45) is 31.2. The van der Waals surface area contributed by atoms with Gasteiger partial charge < -0.3 is 19.3 Å². The van der Waals surface area contributed by atoms with E-state index < -0.39 is 17.6 Å². The van der Waals surface area contributed by atoms with E-state index in [0.717, 1.165) is 46.5 Å². The van der Waals surface area contributed by atoms with E-state index >= 15 is 0 Å². The van der Waals surface area contributed by atoms with Crippen molar-refractivity contribution in [1.29, 1.82) is 0 Å². The first-order valence-corrected chi connectivity index (χ1v) is 21.3. The van der Waals surface area contributed by atoms with E-state index in [0.29, 0.717) is 37.7 Å². The lowest BCUT2D eigenvalue weighted by atomic mass is 9.66. The second-order valence-corrected chi connectivity index (χ2v) is 18.1. The third kappa shape index (κ3) is 17.5. The molecule has 60 heavy (non-hydrogen) atoms. The molecule has 0 spiro atoms. The van der Waals surface area contributed by atoms with E-state index in [1.165, 1.54) is 0 Å². The zero-order valence-corrected chi connectivity index (χ0v) is 39.2. The normalized spacial score (nSPS) is 22.2. The molecule has 0 amide bonds. The van der Waals surface area contributed by atoms with Crippen LogP contribution in [-0.4, -0.2) is 86.8 Å². The van der Waals surface area contributed by atoms with Crippen LogP contribution in [-0.2, 0) is 28.7 Å². The molecule has 0 aromatic carbocycles. The fourth-order valence-electron chi connectivity index (χ4n) is 7.28. The van der Waals surface area contributed by atoms with Crippen LogP contribution in [0, 0.1) is 16.7 Å². The summed E-state index contributed by atoms with van der Waals surface area (Å²) in [5, 5.41) is 0. The molecule has 0 aromatic heterocycles. The van der Waals surface area contributed by atoms with Crippen molar-refractivity contribution in [2.24, 2.45) is 16.7 Å². The molecule has 2 aliphatic carbocycles. The second kappa shape index (κ2) is 24.6. The molecule has 8 heteroatoms. The molecule has 0 unspecified atom stereocenters. The SMILES string of the molecule is CC1=C[C@H](OC(=O)CCCN(C)C)C(=O)C(C)(C)[C@H]1/C=C/C(C)=C/C=C/C(C)=C/C=C/C=C(C)/C=C/C=C(C)/C=C/C1=C(C)C(=O)[C@@H](OC(=O)CCCN(C)C)CC1(C)C. The highest BCUT2D eigenvalue weighted by molar-refractivity contribution is 6.01. The lowest BCUT2D eigenvalue weighted by Gasteiger charge is -2.38. The summed E-state index contributed by atoms with van der Waals surface area (Å²) in [5.74, 6) is -0.935. The van der Waals surface area contributed by atoms with Crippen molar-refractivity contribution in [2.45, 2.75) is 114 Å². The van der Waals surface area contributed by atoms with E-state index in [1.54, 1.807) is 6.08 Å². The zero-order valence-electron chi connectivity index (χ0n) is 39.2. The first-order chi connectivity index (χ1) is 28.0. The molecular weight excluding hydrogens is 749 g/mol. The summed E-state index contributed by atoms with van der Waals surface area (Å²) in [5.41, 5.74) is 5.94. The molecule has 2 aliphatic rings. The number of ketones is 2. The van der Waals surface area contributed by atoms with Gasteiger partial charge in [0, 0.05) is 30.6 Å². The van der Waals surface area contributed by atoms with Crippen molar-refractivity contribution < 1.29 is 28.7 Å². The van der Waals surface area contributed by atoms with Gasteiger partial charge in [0.1, 0.15) is 0 Å². The molecule has 0 radical (unpaired) electrons. The lowest BCUT2D eigenvalue weighted by Crippen LogP contribution is -2.45. The summed E-state index contributed by atoms with van der Waals surface area (Å²) in [6.45, 7) is 21.6. The number of esters is 2. The van der Waals surface area contributed by atoms with E-state index in [-0.39, 0.29) is 34.8 Å². The quantitative estimate of drug-likeness (QED) is 0.0681. The monoisotopic (exact) mass is 823 g/mol.